The number of pyridine rings is 2. The SMILES string of the molecule is COc1ccc(Oc2ccc(CNC(=O)c3cc4cc(Cl)ccc4nc3C)cn2)cc1. The quantitative estimate of drug-likeness (QED) is 0.445. The Kier molecular flexibility index (Phi) is 6.00. The van der Waals surface area contributed by atoms with Gasteiger partial charge in [-0.15, -0.1) is 0 Å². The molecule has 31 heavy (non-hydrogen) atoms. The van der Waals surface area contributed by atoms with Crippen LogP contribution >= 0.6 is 11.6 Å². The molecule has 0 aliphatic heterocycles. The minimum atomic E-state index is -0.203. The molecule has 1 N–H and O–H groups in total. The number of fused-ring (bicyclic) bond motifs is 1. The maximum absolute atomic E-state index is 12.7. The Hall–Kier alpha value is -3.64. The van der Waals surface area contributed by atoms with Gasteiger partial charge in [0.15, 0.2) is 0 Å². The third kappa shape index (κ3) is 4.92. The molecular formula is C24H20ClN3O3. The summed E-state index contributed by atoms with van der Waals surface area (Å²) in [5.41, 5.74) is 2.83. The van der Waals surface area contributed by atoms with Crippen molar-refractivity contribution in [3.63, 3.8) is 0 Å². The molecule has 0 aliphatic rings. The predicted octanol–water partition coefficient (Wildman–Crippen LogP) is 5.32. The van der Waals surface area contributed by atoms with Gasteiger partial charge in [0.05, 0.1) is 23.9 Å². The van der Waals surface area contributed by atoms with Crippen LogP contribution in [0.4, 0.5) is 0 Å². The number of benzene rings is 2. The number of rotatable bonds is 6. The topological polar surface area (TPSA) is 73.3 Å². The van der Waals surface area contributed by atoms with E-state index in [1.165, 1.54) is 0 Å². The van der Waals surface area contributed by atoms with E-state index in [1.807, 2.05) is 49.4 Å². The van der Waals surface area contributed by atoms with Gasteiger partial charge in [0.1, 0.15) is 11.5 Å². The Morgan fingerprint density at radius 1 is 1.03 bits per heavy atom. The second-order valence-electron chi connectivity index (χ2n) is 6.92. The van der Waals surface area contributed by atoms with Gasteiger partial charge in [-0.1, -0.05) is 17.7 Å². The van der Waals surface area contributed by atoms with Crippen molar-refractivity contribution in [3.05, 3.63) is 88.7 Å². The molecule has 0 fully saturated rings. The Balaban J connectivity index is 1.40. The summed E-state index contributed by atoms with van der Waals surface area (Å²) in [6, 6.07) is 18.1. The molecule has 0 atom stereocenters. The molecule has 0 aliphatic carbocycles. The van der Waals surface area contributed by atoms with Crippen LogP contribution in [0.3, 0.4) is 0 Å². The highest BCUT2D eigenvalue weighted by atomic mass is 35.5. The molecule has 2 aromatic heterocycles. The molecule has 2 heterocycles. The minimum Gasteiger partial charge on any atom is -0.497 e. The summed E-state index contributed by atoms with van der Waals surface area (Å²) in [4.78, 5) is 21.5. The third-order valence-corrected chi connectivity index (χ3v) is 4.98. The smallest absolute Gasteiger partial charge is 0.253 e. The second-order valence-corrected chi connectivity index (χ2v) is 7.36. The maximum Gasteiger partial charge on any atom is 0.253 e. The normalized spacial score (nSPS) is 10.7. The van der Waals surface area contributed by atoms with Gasteiger partial charge in [-0.05, 0) is 61.0 Å². The monoisotopic (exact) mass is 433 g/mol. The molecule has 0 radical (unpaired) electrons. The van der Waals surface area contributed by atoms with E-state index >= 15 is 0 Å². The van der Waals surface area contributed by atoms with Crippen molar-refractivity contribution in [2.24, 2.45) is 0 Å². The highest BCUT2D eigenvalue weighted by Gasteiger charge is 2.12. The van der Waals surface area contributed by atoms with Crippen LogP contribution in [-0.2, 0) is 6.54 Å². The first kappa shape index (κ1) is 20.6. The first-order valence-electron chi connectivity index (χ1n) is 9.64. The summed E-state index contributed by atoms with van der Waals surface area (Å²) in [6.45, 7) is 2.15. The first-order chi connectivity index (χ1) is 15.0. The number of carbonyl (C=O) groups excluding carboxylic acids is 1. The van der Waals surface area contributed by atoms with Crippen LogP contribution < -0.4 is 14.8 Å². The fraction of sp³-hybridized carbons (Fsp3) is 0.125. The lowest BCUT2D eigenvalue weighted by Crippen LogP contribution is -2.24. The van der Waals surface area contributed by atoms with E-state index in [-0.39, 0.29) is 5.91 Å². The van der Waals surface area contributed by atoms with Crippen molar-refractivity contribution < 1.29 is 14.3 Å². The summed E-state index contributed by atoms with van der Waals surface area (Å²) in [5, 5.41) is 4.34. The van der Waals surface area contributed by atoms with Crippen LogP contribution in [0.5, 0.6) is 17.4 Å². The summed E-state index contributed by atoms with van der Waals surface area (Å²) in [6.07, 6.45) is 1.67. The molecule has 0 saturated carbocycles. The van der Waals surface area contributed by atoms with Gasteiger partial charge < -0.3 is 14.8 Å². The Bertz CT molecular complexity index is 1230. The number of hydrogen-bond acceptors (Lipinski definition) is 5. The standard InChI is InChI=1S/C24H20ClN3O3/c1-15-21(12-17-11-18(25)4-9-22(17)28-15)24(29)27-14-16-3-10-23(26-13-16)31-20-7-5-19(30-2)6-8-20/h3-13H,14H2,1-2H3,(H,27,29). The number of halogens is 1. The van der Waals surface area contributed by atoms with Crippen LogP contribution in [0.25, 0.3) is 10.9 Å². The second kappa shape index (κ2) is 9.02. The highest BCUT2D eigenvalue weighted by Crippen LogP contribution is 2.23. The zero-order chi connectivity index (χ0) is 21.8. The molecule has 156 valence electrons. The van der Waals surface area contributed by atoms with E-state index < -0.39 is 0 Å². The summed E-state index contributed by atoms with van der Waals surface area (Å²) in [7, 11) is 1.61. The maximum atomic E-state index is 12.7. The lowest BCUT2D eigenvalue weighted by molar-refractivity contribution is 0.0950. The van der Waals surface area contributed by atoms with Crippen molar-refractivity contribution in [1.82, 2.24) is 15.3 Å². The lowest BCUT2D eigenvalue weighted by atomic mass is 10.1. The number of aryl methyl sites for hydroxylation is 1. The molecule has 0 spiro atoms. The summed E-state index contributed by atoms with van der Waals surface area (Å²) in [5.74, 6) is 1.68. The molecule has 1 amide bonds. The molecule has 7 heteroatoms. The van der Waals surface area contributed by atoms with Crippen LogP contribution in [0.1, 0.15) is 21.6 Å². The van der Waals surface area contributed by atoms with Crippen LogP contribution in [0, 0.1) is 6.92 Å². The average Bonchev–Trinajstić information content (AvgIpc) is 2.79. The van der Waals surface area contributed by atoms with E-state index in [1.54, 1.807) is 31.5 Å². The number of nitrogens with zero attached hydrogens (tertiary/aromatic N) is 2. The first-order valence-corrected chi connectivity index (χ1v) is 10.0. The van der Waals surface area contributed by atoms with E-state index in [2.05, 4.69) is 15.3 Å². The van der Waals surface area contributed by atoms with Gasteiger partial charge in [0.25, 0.3) is 5.91 Å². The van der Waals surface area contributed by atoms with Crippen LogP contribution in [-0.4, -0.2) is 23.0 Å². The Morgan fingerprint density at radius 3 is 2.52 bits per heavy atom. The van der Waals surface area contributed by atoms with Gasteiger partial charge in [-0.3, -0.25) is 9.78 Å². The van der Waals surface area contributed by atoms with Crippen molar-refractivity contribution in [3.8, 4) is 17.4 Å². The number of aromatic nitrogens is 2. The lowest BCUT2D eigenvalue weighted by Gasteiger charge is -2.10. The summed E-state index contributed by atoms with van der Waals surface area (Å²) < 4.78 is 10.9. The van der Waals surface area contributed by atoms with Crippen molar-refractivity contribution in [2.75, 3.05) is 7.11 Å². The van der Waals surface area contributed by atoms with E-state index in [0.29, 0.717) is 34.5 Å². The van der Waals surface area contributed by atoms with Gasteiger partial charge in [-0.25, -0.2) is 4.98 Å². The van der Waals surface area contributed by atoms with Crippen molar-refractivity contribution in [1.29, 1.82) is 0 Å². The number of ether oxygens (including phenoxy) is 2. The molecule has 6 nitrogen and oxygen atoms in total. The Morgan fingerprint density at radius 2 is 1.81 bits per heavy atom. The van der Waals surface area contributed by atoms with Gasteiger partial charge in [0.2, 0.25) is 5.88 Å². The van der Waals surface area contributed by atoms with E-state index in [0.717, 1.165) is 22.2 Å². The number of carbonyl (C=O) groups is 1. The molecule has 2 aromatic carbocycles. The predicted molar refractivity (Wildman–Crippen MR) is 120 cm³/mol. The van der Waals surface area contributed by atoms with Gasteiger partial charge in [0, 0.05) is 29.2 Å². The number of hydrogen-bond donors (Lipinski definition) is 1. The third-order valence-electron chi connectivity index (χ3n) is 4.74. The minimum absolute atomic E-state index is 0.203. The van der Waals surface area contributed by atoms with Crippen LogP contribution in [0.15, 0.2) is 66.9 Å². The molecule has 4 aromatic rings. The highest BCUT2D eigenvalue weighted by molar-refractivity contribution is 6.31. The molecule has 4 rings (SSSR count). The molecule has 0 saturated heterocycles. The van der Waals surface area contributed by atoms with Gasteiger partial charge in [-0.2, -0.15) is 0 Å². The molecule has 0 bridgehead atoms. The zero-order valence-electron chi connectivity index (χ0n) is 17.1. The fourth-order valence-electron chi connectivity index (χ4n) is 3.09. The Labute approximate surface area is 184 Å². The fourth-order valence-corrected chi connectivity index (χ4v) is 3.27. The largest absolute Gasteiger partial charge is 0.497 e. The van der Waals surface area contributed by atoms with Crippen molar-refractivity contribution >= 4 is 28.4 Å². The van der Waals surface area contributed by atoms with Crippen LogP contribution in [0.2, 0.25) is 5.02 Å². The van der Waals surface area contributed by atoms with Crippen molar-refractivity contribution in [2.45, 2.75) is 13.5 Å². The van der Waals surface area contributed by atoms with Gasteiger partial charge >= 0.3 is 0 Å². The van der Waals surface area contributed by atoms with E-state index in [9.17, 15) is 4.79 Å². The zero-order valence-corrected chi connectivity index (χ0v) is 17.8. The summed E-state index contributed by atoms with van der Waals surface area (Å²) >= 11 is 6.06. The number of nitrogens with one attached hydrogen (secondary N) is 1. The average molecular weight is 434 g/mol. The number of methoxy groups -OCH3 is 1. The molecular weight excluding hydrogens is 414 g/mol. The van der Waals surface area contributed by atoms with E-state index in [4.69, 9.17) is 21.1 Å². The molecule has 0 unspecified atom stereocenters. The number of amides is 1.